The van der Waals surface area contributed by atoms with E-state index in [1.165, 1.54) is 0 Å². The molecule has 0 fully saturated rings. The number of ether oxygens (including phenoxy) is 2. The molecular formula is C15H22ClNO3. The lowest BCUT2D eigenvalue weighted by atomic mass is 10.2. The lowest BCUT2D eigenvalue weighted by Crippen LogP contribution is -2.28. The van der Waals surface area contributed by atoms with Crippen LogP contribution in [0.1, 0.15) is 31.1 Å². The molecular weight excluding hydrogens is 278 g/mol. The third kappa shape index (κ3) is 4.69. The highest BCUT2D eigenvalue weighted by molar-refractivity contribution is 6.32. The van der Waals surface area contributed by atoms with Gasteiger partial charge in [0.25, 0.3) is 0 Å². The zero-order chi connectivity index (χ0) is 15.0. The molecule has 0 amide bonds. The lowest BCUT2D eigenvalue weighted by Gasteiger charge is -2.19. The van der Waals surface area contributed by atoms with Gasteiger partial charge in [0.2, 0.25) is 0 Å². The van der Waals surface area contributed by atoms with E-state index in [1.54, 1.807) is 12.1 Å². The Hall–Kier alpha value is -1.26. The van der Waals surface area contributed by atoms with E-state index in [1.807, 2.05) is 6.92 Å². The Morgan fingerprint density at radius 1 is 1.20 bits per heavy atom. The van der Waals surface area contributed by atoms with Gasteiger partial charge in [0.05, 0.1) is 11.6 Å². The molecule has 0 heterocycles. The molecule has 1 aromatic rings. The van der Waals surface area contributed by atoms with Crippen molar-refractivity contribution in [2.75, 3.05) is 32.8 Å². The van der Waals surface area contributed by atoms with Crippen LogP contribution in [-0.2, 0) is 0 Å². The summed E-state index contributed by atoms with van der Waals surface area (Å²) in [7, 11) is 0. The zero-order valence-corrected chi connectivity index (χ0v) is 13.1. The van der Waals surface area contributed by atoms with Crippen LogP contribution in [0.4, 0.5) is 0 Å². The van der Waals surface area contributed by atoms with Gasteiger partial charge in [-0.15, -0.1) is 0 Å². The first-order chi connectivity index (χ1) is 9.65. The first kappa shape index (κ1) is 16.8. The van der Waals surface area contributed by atoms with E-state index in [4.69, 9.17) is 21.1 Å². The van der Waals surface area contributed by atoms with E-state index in [9.17, 15) is 4.79 Å². The van der Waals surface area contributed by atoms with Crippen molar-refractivity contribution in [2.45, 2.75) is 20.8 Å². The highest BCUT2D eigenvalue weighted by Crippen LogP contribution is 2.36. The van der Waals surface area contributed by atoms with Crippen molar-refractivity contribution < 1.29 is 14.3 Å². The second kappa shape index (κ2) is 8.82. The molecule has 1 rings (SSSR count). The summed E-state index contributed by atoms with van der Waals surface area (Å²) < 4.78 is 11.2. The Bertz CT molecular complexity index is 433. The van der Waals surface area contributed by atoms with E-state index in [0.717, 1.165) is 25.9 Å². The number of carbonyl (C=O) groups excluding carboxylic acids is 1. The maximum Gasteiger partial charge on any atom is 0.179 e. The molecule has 0 bridgehead atoms. The molecule has 0 aromatic heterocycles. The van der Waals surface area contributed by atoms with E-state index in [0.29, 0.717) is 35.3 Å². The minimum atomic E-state index is 0.401. The van der Waals surface area contributed by atoms with Gasteiger partial charge in [-0.3, -0.25) is 4.79 Å². The Balaban J connectivity index is 2.79. The summed E-state index contributed by atoms with van der Waals surface area (Å²) in [6, 6.07) is 3.24. The van der Waals surface area contributed by atoms with Gasteiger partial charge in [0, 0.05) is 12.1 Å². The van der Waals surface area contributed by atoms with E-state index in [2.05, 4.69) is 18.7 Å². The van der Waals surface area contributed by atoms with Gasteiger partial charge < -0.3 is 14.4 Å². The van der Waals surface area contributed by atoms with Crippen molar-refractivity contribution in [3.05, 3.63) is 22.7 Å². The fourth-order valence-corrected chi connectivity index (χ4v) is 2.15. The van der Waals surface area contributed by atoms with Crippen LogP contribution in [0.3, 0.4) is 0 Å². The summed E-state index contributed by atoms with van der Waals surface area (Å²) in [6.45, 7) is 9.91. The maximum absolute atomic E-state index is 10.8. The van der Waals surface area contributed by atoms with Crippen LogP contribution in [-0.4, -0.2) is 44.0 Å². The summed E-state index contributed by atoms with van der Waals surface area (Å²) in [4.78, 5) is 13.1. The number of likely N-dealkylation sites (N-methyl/N-ethyl adjacent to an activating group) is 1. The van der Waals surface area contributed by atoms with Crippen molar-refractivity contribution in [3.8, 4) is 11.5 Å². The van der Waals surface area contributed by atoms with Gasteiger partial charge in [-0.2, -0.15) is 0 Å². The third-order valence-corrected chi connectivity index (χ3v) is 3.30. The van der Waals surface area contributed by atoms with Crippen molar-refractivity contribution in [1.29, 1.82) is 0 Å². The highest BCUT2D eigenvalue weighted by Gasteiger charge is 2.13. The molecule has 0 radical (unpaired) electrons. The summed E-state index contributed by atoms with van der Waals surface area (Å²) in [5.41, 5.74) is 0.481. The van der Waals surface area contributed by atoms with E-state index >= 15 is 0 Å². The normalized spacial score (nSPS) is 10.7. The molecule has 112 valence electrons. The number of aldehydes is 1. The Morgan fingerprint density at radius 2 is 1.90 bits per heavy atom. The number of hydrogen-bond donors (Lipinski definition) is 0. The number of nitrogens with zero attached hydrogens (tertiary/aromatic N) is 1. The lowest BCUT2D eigenvalue weighted by molar-refractivity contribution is 0.112. The number of benzene rings is 1. The molecule has 0 spiro atoms. The molecule has 0 aliphatic rings. The van der Waals surface area contributed by atoms with Crippen LogP contribution in [0.15, 0.2) is 12.1 Å². The molecule has 0 aliphatic heterocycles. The third-order valence-electron chi connectivity index (χ3n) is 3.02. The number of hydrogen-bond acceptors (Lipinski definition) is 4. The molecule has 5 heteroatoms. The highest BCUT2D eigenvalue weighted by atomic mass is 35.5. The second-order valence-electron chi connectivity index (χ2n) is 4.26. The van der Waals surface area contributed by atoms with Gasteiger partial charge >= 0.3 is 0 Å². The topological polar surface area (TPSA) is 38.8 Å². The summed E-state index contributed by atoms with van der Waals surface area (Å²) in [5.74, 6) is 1.02. The van der Waals surface area contributed by atoms with Gasteiger partial charge in [-0.25, -0.2) is 0 Å². The van der Waals surface area contributed by atoms with Gasteiger partial charge in [0.1, 0.15) is 12.9 Å². The predicted molar refractivity (Wildman–Crippen MR) is 81.3 cm³/mol. The molecule has 20 heavy (non-hydrogen) atoms. The van der Waals surface area contributed by atoms with Gasteiger partial charge in [-0.05, 0) is 32.1 Å². The van der Waals surface area contributed by atoms with Crippen LogP contribution in [0.2, 0.25) is 5.02 Å². The fourth-order valence-electron chi connectivity index (χ4n) is 1.88. The first-order valence-corrected chi connectivity index (χ1v) is 7.30. The zero-order valence-electron chi connectivity index (χ0n) is 12.3. The first-order valence-electron chi connectivity index (χ1n) is 6.92. The Kier molecular flexibility index (Phi) is 7.41. The van der Waals surface area contributed by atoms with Crippen molar-refractivity contribution in [2.24, 2.45) is 0 Å². The SMILES string of the molecule is CCOc1cc(C=O)cc(Cl)c1OCCN(CC)CC. The van der Waals surface area contributed by atoms with E-state index in [-0.39, 0.29) is 0 Å². The Morgan fingerprint density at radius 3 is 2.45 bits per heavy atom. The van der Waals surface area contributed by atoms with Crippen molar-refractivity contribution >= 4 is 17.9 Å². The smallest absolute Gasteiger partial charge is 0.179 e. The van der Waals surface area contributed by atoms with E-state index < -0.39 is 0 Å². The average Bonchev–Trinajstić information content (AvgIpc) is 2.45. The Labute approximate surface area is 125 Å². The van der Waals surface area contributed by atoms with Crippen molar-refractivity contribution in [3.63, 3.8) is 0 Å². The minimum absolute atomic E-state index is 0.401. The largest absolute Gasteiger partial charge is 0.490 e. The summed E-state index contributed by atoms with van der Waals surface area (Å²) >= 11 is 6.15. The van der Waals surface area contributed by atoms with Gasteiger partial charge in [0.15, 0.2) is 11.5 Å². The summed E-state index contributed by atoms with van der Waals surface area (Å²) in [6.07, 6.45) is 0.744. The molecule has 0 atom stereocenters. The standard InChI is InChI=1S/C15H22ClNO3/c1-4-17(5-2)7-8-20-15-13(16)9-12(11-18)10-14(15)19-6-3/h9-11H,4-8H2,1-3H3. The minimum Gasteiger partial charge on any atom is -0.490 e. The number of rotatable bonds is 9. The molecule has 0 aliphatic carbocycles. The molecule has 1 aromatic carbocycles. The van der Waals surface area contributed by atoms with Crippen molar-refractivity contribution in [1.82, 2.24) is 4.90 Å². The number of carbonyl (C=O) groups is 1. The molecule has 0 saturated heterocycles. The van der Waals surface area contributed by atoms with Crippen LogP contribution < -0.4 is 9.47 Å². The fraction of sp³-hybridized carbons (Fsp3) is 0.533. The monoisotopic (exact) mass is 299 g/mol. The second-order valence-corrected chi connectivity index (χ2v) is 4.66. The molecule has 0 N–H and O–H groups in total. The van der Waals surface area contributed by atoms with Crippen LogP contribution in [0, 0.1) is 0 Å². The molecule has 0 unspecified atom stereocenters. The van der Waals surface area contributed by atoms with Crippen LogP contribution >= 0.6 is 11.6 Å². The molecule has 4 nitrogen and oxygen atoms in total. The predicted octanol–water partition coefficient (Wildman–Crippen LogP) is 3.27. The maximum atomic E-state index is 10.8. The molecule has 0 saturated carbocycles. The quantitative estimate of drug-likeness (QED) is 0.656. The van der Waals surface area contributed by atoms with Gasteiger partial charge in [-0.1, -0.05) is 25.4 Å². The van der Waals surface area contributed by atoms with Crippen LogP contribution in [0.5, 0.6) is 11.5 Å². The average molecular weight is 300 g/mol. The number of halogens is 1. The van der Waals surface area contributed by atoms with Crippen LogP contribution in [0.25, 0.3) is 0 Å². The summed E-state index contributed by atoms with van der Waals surface area (Å²) in [5, 5.41) is 0.401.